The van der Waals surface area contributed by atoms with Gasteiger partial charge in [-0.25, -0.2) is 0 Å². The van der Waals surface area contributed by atoms with E-state index in [1.54, 1.807) is 0 Å². The lowest BCUT2D eigenvalue weighted by Crippen LogP contribution is -2.30. The summed E-state index contributed by atoms with van der Waals surface area (Å²) in [5.41, 5.74) is 1.98. The van der Waals surface area contributed by atoms with Crippen LogP contribution >= 0.6 is 0 Å². The van der Waals surface area contributed by atoms with Crippen LogP contribution in [0.1, 0.15) is 30.0 Å². The Balaban J connectivity index is 2.31. The first-order valence-corrected chi connectivity index (χ1v) is 5.34. The van der Waals surface area contributed by atoms with Crippen LogP contribution < -0.4 is 0 Å². The van der Waals surface area contributed by atoms with E-state index in [4.69, 9.17) is 5.26 Å². The molecule has 2 nitrogen and oxygen atoms in total. The Kier molecular flexibility index (Phi) is 3.03. The summed E-state index contributed by atoms with van der Waals surface area (Å²) in [6, 6.07) is 10.6. The third kappa shape index (κ3) is 2.03. The lowest BCUT2D eigenvalue weighted by molar-refractivity contribution is 0.215. The number of benzene rings is 1. The van der Waals surface area contributed by atoms with Crippen LogP contribution in [0, 0.1) is 17.8 Å². The Morgan fingerprint density at radius 1 is 1.40 bits per heavy atom. The second-order valence-electron chi connectivity index (χ2n) is 4.01. The highest BCUT2D eigenvalue weighted by atomic mass is 15.1. The summed E-state index contributed by atoms with van der Waals surface area (Å²) < 4.78 is 0. The minimum atomic E-state index is 0.384. The maximum Gasteiger partial charge on any atom is 0.0995 e. The van der Waals surface area contributed by atoms with Crippen molar-refractivity contribution >= 4 is 0 Å². The van der Waals surface area contributed by atoms with Gasteiger partial charge in [0.2, 0.25) is 0 Å². The zero-order valence-corrected chi connectivity index (χ0v) is 8.98. The Hall–Kier alpha value is -1.33. The van der Waals surface area contributed by atoms with Crippen LogP contribution in [0.15, 0.2) is 24.3 Å². The molecule has 1 unspecified atom stereocenters. The molecule has 0 saturated carbocycles. The highest BCUT2D eigenvalue weighted by molar-refractivity contribution is 5.39. The van der Waals surface area contributed by atoms with Crippen LogP contribution in [0.25, 0.3) is 0 Å². The maximum absolute atomic E-state index is 9.06. The summed E-state index contributed by atoms with van der Waals surface area (Å²) in [6.07, 6.45) is 4.52. The monoisotopic (exact) mass is 199 g/mol. The van der Waals surface area contributed by atoms with Crippen LogP contribution in [-0.4, -0.2) is 18.5 Å². The van der Waals surface area contributed by atoms with Gasteiger partial charge in [0, 0.05) is 6.04 Å². The van der Waals surface area contributed by atoms with Crippen molar-refractivity contribution in [3.05, 3.63) is 41.8 Å². The summed E-state index contributed by atoms with van der Waals surface area (Å²) >= 11 is 0. The Morgan fingerprint density at radius 3 is 2.93 bits per heavy atom. The average Bonchev–Trinajstić information content (AvgIpc) is 2.30. The first kappa shape index (κ1) is 10.2. The number of rotatable bonds is 1. The van der Waals surface area contributed by atoms with Gasteiger partial charge in [0.05, 0.1) is 11.6 Å². The Labute approximate surface area is 91.1 Å². The quantitative estimate of drug-likeness (QED) is 0.695. The molecule has 1 radical (unpaired) electrons. The normalized spacial score (nSPS) is 22.3. The first-order valence-electron chi connectivity index (χ1n) is 5.34. The third-order valence-corrected chi connectivity index (χ3v) is 3.05. The molecule has 1 aromatic rings. The van der Waals surface area contributed by atoms with E-state index in [1.165, 1.54) is 5.56 Å². The van der Waals surface area contributed by atoms with Crippen LogP contribution in [0.5, 0.6) is 0 Å². The molecule has 77 valence electrons. The predicted octanol–water partition coefficient (Wildman–Crippen LogP) is 2.53. The fraction of sp³-hybridized carbons (Fsp3) is 0.385. The number of hydrogen-bond donors (Lipinski definition) is 0. The summed E-state index contributed by atoms with van der Waals surface area (Å²) in [7, 11) is 2.13. The molecule has 0 spiro atoms. The van der Waals surface area contributed by atoms with Crippen molar-refractivity contribution in [2.24, 2.45) is 0 Å². The van der Waals surface area contributed by atoms with Gasteiger partial charge in [-0.2, -0.15) is 5.26 Å². The summed E-state index contributed by atoms with van der Waals surface area (Å²) in [6.45, 7) is 1.09. The second-order valence-corrected chi connectivity index (χ2v) is 4.01. The third-order valence-electron chi connectivity index (χ3n) is 3.05. The molecule has 1 atom stereocenters. The molecule has 0 aliphatic carbocycles. The summed E-state index contributed by atoms with van der Waals surface area (Å²) in [5.74, 6) is 0. The molecule has 1 aromatic carbocycles. The van der Waals surface area contributed by atoms with Gasteiger partial charge in [-0.1, -0.05) is 18.2 Å². The molecule has 1 fully saturated rings. The standard InChI is InChI=1S/C13H15N2/c1-15-9-5-4-8-13(15)12-7-3-2-6-11(12)10-14/h2-4,6-7,13H,5,8-9H2,1H3. The maximum atomic E-state index is 9.06. The number of nitriles is 1. The molecule has 0 aromatic heterocycles. The van der Waals surface area contributed by atoms with E-state index >= 15 is 0 Å². The number of likely N-dealkylation sites (tertiary alicyclic amines) is 1. The first-order chi connectivity index (χ1) is 7.33. The van der Waals surface area contributed by atoms with E-state index in [2.05, 4.69) is 30.5 Å². The van der Waals surface area contributed by atoms with Gasteiger partial charge in [-0.15, -0.1) is 0 Å². The fourth-order valence-corrected chi connectivity index (χ4v) is 2.16. The van der Waals surface area contributed by atoms with Crippen molar-refractivity contribution in [2.75, 3.05) is 13.6 Å². The molecule has 1 aliphatic heterocycles. The molecule has 2 heteroatoms. The van der Waals surface area contributed by atoms with E-state index in [-0.39, 0.29) is 0 Å². The Morgan fingerprint density at radius 2 is 2.20 bits per heavy atom. The van der Waals surface area contributed by atoms with E-state index in [0.717, 1.165) is 24.9 Å². The van der Waals surface area contributed by atoms with Crippen LogP contribution in [0.3, 0.4) is 0 Å². The highest BCUT2D eigenvalue weighted by Crippen LogP contribution is 2.30. The fourth-order valence-electron chi connectivity index (χ4n) is 2.16. The van der Waals surface area contributed by atoms with Gasteiger partial charge in [-0.05, 0) is 44.5 Å². The van der Waals surface area contributed by atoms with Gasteiger partial charge in [0.25, 0.3) is 0 Å². The van der Waals surface area contributed by atoms with Crippen LogP contribution in [-0.2, 0) is 0 Å². The van der Waals surface area contributed by atoms with Crippen molar-refractivity contribution in [3.63, 3.8) is 0 Å². The van der Waals surface area contributed by atoms with Crippen molar-refractivity contribution in [1.82, 2.24) is 4.90 Å². The lowest BCUT2D eigenvalue weighted by Gasteiger charge is -2.33. The SMILES string of the molecule is CN1CC[CH]CC1c1ccccc1C#N. The molecule has 0 N–H and O–H groups in total. The van der Waals surface area contributed by atoms with E-state index < -0.39 is 0 Å². The van der Waals surface area contributed by atoms with Gasteiger partial charge >= 0.3 is 0 Å². The van der Waals surface area contributed by atoms with Crippen molar-refractivity contribution in [1.29, 1.82) is 5.26 Å². The number of hydrogen-bond acceptors (Lipinski definition) is 2. The second kappa shape index (κ2) is 4.46. The highest BCUT2D eigenvalue weighted by Gasteiger charge is 2.22. The van der Waals surface area contributed by atoms with E-state index in [0.29, 0.717) is 6.04 Å². The molecule has 0 amide bonds. The molecule has 0 bridgehead atoms. The van der Waals surface area contributed by atoms with Gasteiger partial charge in [-0.3, -0.25) is 4.90 Å². The van der Waals surface area contributed by atoms with Crippen molar-refractivity contribution < 1.29 is 0 Å². The predicted molar refractivity (Wildman–Crippen MR) is 60.1 cm³/mol. The molecule has 2 rings (SSSR count). The number of piperidine rings is 1. The minimum Gasteiger partial charge on any atom is -0.299 e. The molecule has 1 heterocycles. The Bertz CT molecular complexity index is 378. The van der Waals surface area contributed by atoms with Gasteiger partial charge in [0.15, 0.2) is 0 Å². The molecule has 1 aliphatic rings. The van der Waals surface area contributed by atoms with Crippen LogP contribution in [0.2, 0.25) is 0 Å². The zero-order chi connectivity index (χ0) is 10.7. The lowest BCUT2D eigenvalue weighted by atomic mass is 9.93. The van der Waals surface area contributed by atoms with Gasteiger partial charge in [0.1, 0.15) is 0 Å². The molecular formula is C13H15N2. The van der Waals surface area contributed by atoms with Crippen LogP contribution in [0.4, 0.5) is 0 Å². The summed E-state index contributed by atoms with van der Waals surface area (Å²) in [5, 5.41) is 9.06. The van der Waals surface area contributed by atoms with E-state index in [9.17, 15) is 0 Å². The van der Waals surface area contributed by atoms with E-state index in [1.807, 2.05) is 18.2 Å². The van der Waals surface area contributed by atoms with Gasteiger partial charge < -0.3 is 0 Å². The average molecular weight is 199 g/mol. The molecular weight excluding hydrogens is 184 g/mol. The summed E-state index contributed by atoms with van der Waals surface area (Å²) in [4.78, 5) is 2.33. The van der Waals surface area contributed by atoms with Crippen molar-refractivity contribution in [2.45, 2.75) is 18.9 Å². The molecule has 15 heavy (non-hydrogen) atoms. The smallest absolute Gasteiger partial charge is 0.0995 e. The minimum absolute atomic E-state index is 0.384. The number of nitrogens with zero attached hydrogens (tertiary/aromatic N) is 2. The largest absolute Gasteiger partial charge is 0.299 e. The zero-order valence-electron chi connectivity index (χ0n) is 8.98. The molecule has 1 saturated heterocycles. The van der Waals surface area contributed by atoms with Crippen molar-refractivity contribution in [3.8, 4) is 6.07 Å². The topological polar surface area (TPSA) is 27.0 Å².